The first-order chi connectivity index (χ1) is 30.2. The molecule has 0 aliphatic rings. The summed E-state index contributed by atoms with van der Waals surface area (Å²) >= 11 is 0. The number of para-hydroxylation sites is 2. The number of nitrogens with zero attached hydrogens (tertiary/aromatic N) is 2. The van der Waals surface area contributed by atoms with Crippen LogP contribution in [0.15, 0.2) is 227 Å². The highest BCUT2D eigenvalue weighted by Gasteiger charge is 2.20. The first kappa shape index (κ1) is 36.2. The Kier molecular flexibility index (Phi) is 9.29. The number of aromatic nitrogens is 1. The molecular weight excluding hydrogens is 745 g/mol. The van der Waals surface area contributed by atoms with Gasteiger partial charge in [-0.1, -0.05) is 158 Å². The van der Waals surface area contributed by atoms with Crippen molar-refractivity contribution in [1.29, 1.82) is 0 Å². The Labute approximate surface area is 354 Å². The summed E-state index contributed by atoms with van der Waals surface area (Å²) in [6.45, 7) is 0. The maximum absolute atomic E-state index is 6.45. The van der Waals surface area contributed by atoms with E-state index in [2.05, 4.69) is 181 Å². The molecule has 2 heterocycles. The van der Waals surface area contributed by atoms with Crippen LogP contribution < -0.4 is 4.90 Å². The molecule has 61 heavy (non-hydrogen) atoms. The number of furan rings is 1. The molecule has 0 aliphatic heterocycles. The average molecular weight is 785 g/mol. The summed E-state index contributed by atoms with van der Waals surface area (Å²) in [5.41, 5.74) is 17.0. The molecule has 0 N–H and O–H groups in total. The second kappa shape index (κ2) is 15.7. The zero-order valence-electron chi connectivity index (χ0n) is 33.4. The largest absolute Gasteiger partial charge is 0.455 e. The maximum atomic E-state index is 6.45. The summed E-state index contributed by atoms with van der Waals surface area (Å²) < 4.78 is 12.9. The number of rotatable bonds is 10. The Balaban J connectivity index is 1.06. The molecule has 11 aromatic rings. The lowest BCUT2D eigenvalue weighted by Crippen LogP contribution is -2.11. The van der Waals surface area contributed by atoms with Crippen LogP contribution in [0, 0.1) is 0 Å². The SMILES string of the molecule is c1ccc(Cc2ccccc2-c2ccc(N(c3ccc(-c4cccc5c4oc4ccccc45)cc3)c3ccc4nc(-c5ccccc5)oc4c3)cc2Cc2ccccc2)cc1. The van der Waals surface area contributed by atoms with Gasteiger partial charge in [-0.05, 0) is 106 Å². The van der Waals surface area contributed by atoms with Crippen molar-refractivity contribution in [3.63, 3.8) is 0 Å². The zero-order valence-corrected chi connectivity index (χ0v) is 33.4. The van der Waals surface area contributed by atoms with E-state index in [-0.39, 0.29) is 0 Å². The third kappa shape index (κ3) is 7.04. The molecule has 11 rings (SSSR count). The van der Waals surface area contributed by atoms with E-state index in [1.807, 2.05) is 42.5 Å². The normalized spacial score (nSPS) is 11.4. The zero-order chi connectivity index (χ0) is 40.5. The highest BCUT2D eigenvalue weighted by Crippen LogP contribution is 2.42. The summed E-state index contributed by atoms with van der Waals surface area (Å²) in [4.78, 5) is 7.19. The standard InChI is InChI=1S/C57H40N2O2/c1-4-15-39(16-5-1)35-43-21-10-11-22-48(43)49-33-31-46(37-44(49)36-40-17-6-2-7-18-40)59(47-32-34-53-55(38-47)61-57(58-53)42-19-8-3-9-20-42)45-29-27-41(28-30-45)50-24-14-25-52-51-23-12-13-26-54(51)60-56(50)52/h1-34,37-38H,35-36H2. The van der Waals surface area contributed by atoms with Crippen molar-refractivity contribution in [3.05, 3.63) is 241 Å². The van der Waals surface area contributed by atoms with Crippen LogP contribution in [-0.2, 0) is 12.8 Å². The van der Waals surface area contributed by atoms with Crippen molar-refractivity contribution in [2.24, 2.45) is 0 Å². The van der Waals surface area contributed by atoms with Crippen molar-refractivity contribution < 1.29 is 8.83 Å². The van der Waals surface area contributed by atoms with Gasteiger partial charge in [0.05, 0.1) is 0 Å². The molecule has 4 heteroatoms. The predicted molar refractivity (Wildman–Crippen MR) is 251 cm³/mol. The summed E-state index contributed by atoms with van der Waals surface area (Å²) in [5.74, 6) is 0.604. The van der Waals surface area contributed by atoms with Gasteiger partial charge in [0, 0.05) is 45.0 Å². The molecule has 0 amide bonds. The third-order valence-corrected chi connectivity index (χ3v) is 11.6. The highest BCUT2D eigenvalue weighted by atomic mass is 16.3. The molecule has 2 aromatic heterocycles. The quantitative estimate of drug-likeness (QED) is 0.139. The Bertz CT molecular complexity index is 3300. The van der Waals surface area contributed by atoms with Gasteiger partial charge >= 0.3 is 0 Å². The van der Waals surface area contributed by atoms with Gasteiger partial charge in [0.1, 0.15) is 16.7 Å². The molecule has 9 aromatic carbocycles. The maximum Gasteiger partial charge on any atom is 0.227 e. The fourth-order valence-electron chi connectivity index (χ4n) is 8.67. The van der Waals surface area contributed by atoms with Crippen LogP contribution in [0.4, 0.5) is 17.1 Å². The van der Waals surface area contributed by atoms with Crippen molar-refractivity contribution in [2.75, 3.05) is 4.90 Å². The van der Waals surface area contributed by atoms with E-state index >= 15 is 0 Å². The molecule has 0 aliphatic carbocycles. The Morgan fingerprint density at radius 3 is 1.75 bits per heavy atom. The van der Waals surface area contributed by atoms with Gasteiger partial charge in [0.2, 0.25) is 5.89 Å². The molecule has 290 valence electrons. The smallest absolute Gasteiger partial charge is 0.227 e. The van der Waals surface area contributed by atoms with E-state index in [1.54, 1.807) is 0 Å². The number of hydrogen-bond acceptors (Lipinski definition) is 4. The lowest BCUT2D eigenvalue weighted by Gasteiger charge is -2.27. The molecule has 0 bridgehead atoms. The number of hydrogen-bond donors (Lipinski definition) is 0. The lowest BCUT2D eigenvalue weighted by atomic mass is 9.89. The van der Waals surface area contributed by atoms with E-state index in [0.29, 0.717) is 5.89 Å². The topological polar surface area (TPSA) is 42.4 Å². The van der Waals surface area contributed by atoms with Gasteiger partial charge in [-0.3, -0.25) is 0 Å². The van der Waals surface area contributed by atoms with Gasteiger partial charge in [0.15, 0.2) is 5.58 Å². The van der Waals surface area contributed by atoms with Crippen molar-refractivity contribution in [2.45, 2.75) is 12.8 Å². The van der Waals surface area contributed by atoms with Gasteiger partial charge in [-0.15, -0.1) is 0 Å². The van der Waals surface area contributed by atoms with Crippen LogP contribution in [0.3, 0.4) is 0 Å². The van der Waals surface area contributed by atoms with Crippen LogP contribution >= 0.6 is 0 Å². The Morgan fingerprint density at radius 1 is 0.377 bits per heavy atom. The third-order valence-electron chi connectivity index (χ3n) is 11.6. The second-order valence-electron chi connectivity index (χ2n) is 15.5. The number of oxazole rings is 1. The van der Waals surface area contributed by atoms with Crippen molar-refractivity contribution in [1.82, 2.24) is 4.98 Å². The van der Waals surface area contributed by atoms with Crippen molar-refractivity contribution in [3.8, 4) is 33.7 Å². The van der Waals surface area contributed by atoms with Crippen LogP contribution in [-0.4, -0.2) is 4.98 Å². The minimum atomic E-state index is 0.604. The molecule has 0 atom stereocenters. The fourth-order valence-corrected chi connectivity index (χ4v) is 8.67. The van der Waals surface area contributed by atoms with Gasteiger partial charge in [0.25, 0.3) is 0 Å². The summed E-state index contributed by atoms with van der Waals surface area (Å²) in [7, 11) is 0. The average Bonchev–Trinajstić information content (AvgIpc) is 3.93. The second-order valence-corrected chi connectivity index (χ2v) is 15.5. The van der Waals surface area contributed by atoms with Crippen LogP contribution in [0.5, 0.6) is 0 Å². The minimum Gasteiger partial charge on any atom is -0.455 e. The highest BCUT2D eigenvalue weighted by molar-refractivity contribution is 6.09. The number of anilines is 3. The molecule has 0 saturated heterocycles. The number of benzene rings is 9. The van der Waals surface area contributed by atoms with Gasteiger partial charge in [-0.25, -0.2) is 4.98 Å². The molecule has 0 radical (unpaired) electrons. The molecule has 0 unspecified atom stereocenters. The van der Waals surface area contributed by atoms with Crippen LogP contribution in [0.25, 0.3) is 66.7 Å². The molecule has 0 saturated carbocycles. The molecular formula is C57H40N2O2. The fraction of sp³-hybridized carbons (Fsp3) is 0.0351. The number of fused-ring (bicyclic) bond motifs is 4. The predicted octanol–water partition coefficient (Wildman–Crippen LogP) is 15.4. The van der Waals surface area contributed by atoms with E-state index in [4.69, 9.17) is 13.8 Å². The molecule has 0 spiro atoms. The monoisotopic (exact) mass is 784 g/mol. The molecule has 4 nitrogen and oxygen atoms in total. The minimum absolute atomic E-state index is 0.604. The summed E-state index contributed by atoms with van der Waals surface area (Å²) in [6.07, 6.45) is 1.63. The van der Waals surface area contributed by atoms with E-state index in [1.165, 1.54) is 33.4 Å². The summed E-state index contributed by atoms with van der Waals surface area (Å²) in [5, 5.41) is 2.24. The van der Waals surface area contributed by atoms with Crippen LogP contribution in [0.2, 0.25) is 0 Å². The van der Waals surface area contributed by atoms with Gasteiger partial charge in [-0.2, -0.15) is 0 Å². The Hall–Kier alpha value is -7.95. The Morgan fingerprint density at radius 2 is 0.967 bits per heavy atom. The van der Waals surface area contributed by atoms with E-state index < -0.39 is 0 Å². The van der Waals surface area contributed by atoms with Crippen molar-refractivity contribution >= 4 is 50.1 Å². The van der Waals surface area contributed by atoms with E-state index in [9.17, 15) is 0 Å². The lowest BCUT2D eigenvalue weighted by molar-refractivity contribution is 0.620. The summed E-state index contributed by atoms with van der Waals surface area (Å²) in [6, 6.07) is 77.1. The van der Waals surface area contributed by atoms with Crippen LogP contribution in [0.1, 0.15) is 22.3 Å². The first-order valence-corrected chi connectivity index (χ1v) is 20.8. The molecule has 0 fully saturated rings. The first-order valence-electron chi connectivity index (χ1n) is 20.8. The van der Waals surface area contributed by atoms with E-state index in [0.717, 1.165) is 79.6 Å². The van der Waals surface area contributed by atoms with Gasteiger partial charge < -0.3 is 13.7 Å².